The minimum Gasteiger partial charge on any atom is -0.459 e. The van der Waals surface area contributed by atoms with E-state index in [4.69, 9.17) is 34.5 Å². The zero-order valence-electron chi connectivity index (χ0n) is 47.4. The van der Waals surface area contributed by atoms with Gasteiger partial charge in [0.15, 0.2) is 24.0 Å². The molecule has 0 heterocycles. The molecule has 4 aromatic carbocycles. The number of aldehydes is 1. The Kier molecular flexibility index (Phi) is 39.1. The van der Waals surface area contributed by atoms with Gasteiger partial charge < -0.3 is 28.2 Å². The minimum atomic E-state index is -1.68. The summed E-state index contributed by atoms with van der Waals surface area (Å²) < 4.78 is 24.7. The maximum atomic E-state index is 11.8. The predicted octanol–water partition coefficient (Wildman–Crippen LogP) is 18.9. The van der Waals surface area contributed by atoms with Gasteiger partial charge in [-0.1, -0.05) is 178 Å². The lowest BCUT2D eigenvalue weighted by Crippen LogP contribution is -2.41. The summed E-state index contributed by atoms with van der Waals surface area (Å²) in [5.74, 6) is -0.596. The van der Waals surface area contributed by atoms with Crippen molar-refractivity contribution in [2.75, 3.05) is 19.8 Å². The first kappa shape index (κ1) is 78.8. The number of rotatable bonds is 16. The second kappa shape index (κ2) is 37.2. The monoisotopic (exact) mass is 1240 g/mol. The van der Waals surface area contributed by atoms with Gasteiger partial charge in [0.1, 0.15) is 6.29 Å². The van der Waals surface area contributed by atoms with Gasteiger partial charge in [0.05, 0.1) is 23.3 Å². The topological polar surface area (TPSA) is 108 Å². The summed E-state index contributed by atoms with van der Waals surface area (Å²) in [6, 6.07) is 30.9. The largest absolute Gasteiger partial charge is 0.459 e. The second-order valence-electron chi connectivity index (χ2n) is 22.8. The third kappa shape index (κ3) is 34.0. The molecule has 75 heavy (non-hydrogen) atoms. The molecule has 14 heteroatoms. The second-order valence-corrected chi connectivity index (χ2v) is 41.6. The molecule has 428 valence electrons. The number of hydrogen-bond acceptors (Lipinski definition) is 8. The molecule has 4 rings (SSSR count). The van der Waals surface area contributed by atoms with Gasteiger partial charge in [-0.2, -0.15) is 11.1 Å². The Balaban J connectivity index is -0.000000432. The van der Waals surface area contributed by atoms with Gasteiger partial charge in [0, 0.05) is 35.2 Å². The number of ether oxygens (including phenoxy) is 2. The third-order valence-corrected chi connectivity index (χ3v) is 28.1. The summed E-state index contributed by atoms with van der Waals surface area (Å²) >= 11 is 12.9. The SMILES string of the molecule is C.C.C.CC(C)(C)[Si](C)(C)Cl.CC(C)(C)[Si](C)(C)OCCc1ccc(Br)cc1.CC(C)OC(=O)c1ccc(CC=O)cc1.CC(C)OC(=O)c1ccc(CCO[Si](C)(C)C(C)(C)C)cc1.OCCc1ccc(Br)cc1. The van der Waals surface area contributed by atoms with Crippen molar-refractivity contribution in [3.8, 4) is 0 Å². The van der Waals surface area contributed by atoms with Gasteiger partial charge in [-0.15, -0.1) is 0 Å². The van der Waals surface area contributed by atoms with Crippen LogP contribution in [-0.2, 0) is 48.8 Å². The van der Waals surface area contributed by atoms with E-state index in [1.807, 2.05) is 62.4 Å². The van der Waals surface area contributed by atoms with Gasteiger partial charge in [-0.05, 0) is 159 Å². The molecule has 0 atom stereocenters. The average molecular weight is 1240 g/mol. The summed E-state index contributed by atoms with van der Waals surface area (Å²) in [5, 5.41) is 9.45. The first-order valence-electron chi connectivity index (χ1n) is 25.1. The number of halogens is 3. The van der Waals surface area contributed by atoms with Gasteiger partial charge in [0.2, 0.25) is 0 Å². The molecule has 0 radical (unpaired) electrons. The van der Waals surface area contributed by atoms with Crippen LogP contribution >= 0.6 is 42.9 Å². The van der Waals surface area contributed by atoms with Crippen LogP contribution in [0.2, 0.25) is 54.4 Å². The number of carbonyl (C=O) groups is 3. The van der Waals surface area contributed by atoms with E-state index in [-0.39, 0.29) is 58.1 Å². The summed E-state index contributed by atoms with van der Waals surface area (Å²) in [5.41, 5.74) is 5.70. The molecule has 0 aromatic heterocycles. The van der Waals surface area contributed by atoms with Crippen molar-refractivity contribution >= 4 is 85.2 Å². The first-order chi connectivity index (χ1) is 33.0. The Morgan fingerprint density at radius 2 is 0.787 bits per heavy atom. The number of esters is 2. The molecular formula is C61H103Br2ClO8Si3. The standard InChI is InChI=1S/C18H30O3Si.C14H23BrOSi.C12H14O3.C8H9BrO.C6H15ClSi.3CH4/c1-14(2)21-17(19)16-10-8-15(9-11-16)12-13-20-22(6,7)18(3,4)5;1-14(2,3)17(4,5)16-11-10-12-6-8-13(15)9-7-12;1-9(2)15-12(14)11-5-3-10(4-6-11)7-8-13;9-8-3-1-7(2-4-8)5-6-10;1-6(2,3)8(4,5)7;;;/h8-11,14H,12-13H2,1-7H3;6-9H,10-11H2,1-5H3;3-6,8-9H,7H2,1-2H3;1-4,10H,5-6H2;1-5H3;3*1H4. The van der Waals surface area contributed by atoms with Crippen molar-refractivity contribution in [2.24, 2.45) is 0 Å². The molecule has 0 aliphatic heterocycles. The van der Waals surface area contributed by atoms with Crippen LogP contribution in [0.5, 0.6) is 0 Å². The molecule has 0 spiro atoms. The van der Waals surface area contributed by atoms with E-state index in [2.05, 4.69) is 158 Å². The fraction of sp³-hybridized carbons (Fsp3) is 0.557. The van der Waals surface area contributed by atoms with Crippen molar-refractivity contribution < 1.29 is 37.8 Å². The van der Waals surface area contributed by atoms with Crippen LogP contribution in [0.15, 0.2) is 106 Å². The van der Waals surface area contributed by atoms with Crippen molar-refractivity contribution in [1.29, 1.82) is 0 Å². The van der Waals surface area contributed by atoms with Crippen LogP contribution in [0.25, 0.3) is 0 Å². The Bertz CT molecular complexity index is 2120. The van der Waals surface area contributed by atoms with Crippen LogP contribution < -0.4 is 0 Å². The lowest BCUT2D eigenvalue weighted by molar-refractivity contribution is -0.107. The average Bonchev–Trinajstić information content (AvgIpc) is 3.25. The predicted molar refractivity (Wildman–Crippen MR) is 340 cm³/mol. The number of benzene rings is 4. The summed E-state index contributed by atoms with van der Waals surface area (Å²) in [6.45, 7) is 42.7. The molecule has 0 unspecified atom stereocenters. The van der Waals surface area contributed by atoms with E-state index in [0.717, 1.165) is 53.3 Å². The summed E-state index contributed by atoms with van der Waals surface area (Å²) in [6.07, 6.45) is 3.61. The molecule has 0 aliphatic rings. The minimum absolute atomic E-state index is 0. The number of hydrogen-bond donors (Lipinski definition) is 1. The molecular weight excluding hydrogens is 1140 g/mol. The maximum Gasteiger partial charge on any atom is 0.338 e. The smallest absolute Gasteiger partial charge is 0.338 e. The summed E-state index contributed by atoms with van der Waals surface area (Å²) in [4.78, 5) is 33.5. The van der Waals surface area contributed by atoms with Gasteiger partial charge >= 0.3 is 11.9 Å². The number of aliphatic hydroxyl groups excluding tert-OH is 1. The Morgan fingerprint density at radius 3 is 1.03 bits per heavy atom. The fourth-order valence-corrected chi connectivity index (χ4v) is 7.58. The Hall–Kier alpha value is -2.73. The summed E-state index contributed by atoms with van der Waals surface area (Å²) in [7, 11) is -4.65. The van der Waals surface area contributed by atoms with Crippen LogP contribution in [-0.4, -0.2) is 79.4 Å². The molecule has 0 saturated heterocycles. The van der Waals surface area contributed by atoms with Crippen molar-refractivity contribution in [3.05, 3.63) is 139 Å². The zero-order valence-corrected chi connectivity index (χ0v) is 54.3. The highest BCUT2D eigenvalue weighted by Crippen LogP contribution is 2.39. The van der Waals surface area contributed by atoms with E-state index in [0.29, 0.717) is 27.6 Å². The van der Waals surface area contributed by atoms with Gasteiger partial charge in [0.25, 0.3) is 0 Å². The quantitative estimate of drug-likeness (QED) is 0.0512. The number of carbonyl (C=O) groups excluding carboxylic acids is 3. The lowest BCUT2D eigenvalue weighted by Gasteiger charge is -2.36. The normalized spacial score (nSPS) is 11.4. The highest BCUT2D eigenvalue weighted by atomic mass is 79.9. The number of aliphatic hydroxyl groups is 1. The van der Waals surface area contributed by atoms with Crippen molar-refractivity contribution in [1.82, 2.24) is 0 Å². The maximum absolute atomic E-state index is 11.8. The van der Waals surface area contributed by atoms with E-state index in [1.54, 1.807) is 38.1 Å². The molecule has 0 saturated carbocycles. The van der Waals surface area contributed by atoms with E-state index in [9.17, 15) is 14.4 Å². The molecule has 1 N–H and O–H groups in total. The molecule has 0 aliphatic carbocycles. The highest BCUT2D eigenvalue weighted by Gasteiger charge is 2.38. The third-order valence-electron chi connectivity index (χ3n) is 12.7. The zero-order chi connectivity index (χ0) is 55.7. The van der Waals surface area contributed by atoms with Gasteiger partial charge in [-0.3, -0.25) is 0 Å². The van der Waals surface area contributed by atoms with Crippen LogP contribution in [0, 0.1) is 0 Å². The van der Waals surface area contributed by atoms with Gasteiger partial charge in [-0.25, -0.2) is 9.59 Å². The Labute approximate surface area is 483 Å². The van der Waals surface area contributed by atoms with E-state index < -0.39 is 24.0 Å². The molecule has 0 bridgehead atoms. The van der Waals surface area contributed by atoms with E-state index in [1.165, 1.54) is 16.7 Å². The van der Waals surface area contributed by atoms with Crippen molar-refractivity contribution in [2.45, 2.75) is 205 Å². The lowest BCUT2D eigenvalue weighted by atomic mass is 10.1. The first-order valence-corrected chi connectivity index (χ1v) is 36.5. The van der Waals surface area contributed by atoms with Crippen LogP contribution in [0.4, 0.5) is 0 Å². The Morgan fingerprint density at radius 1 is 0.520 bits per heavy atom. The highest BCUT2D eigenvalue weighted by molar-refractivity contribution is 9.10. The molecule has 4 aromatic rings. The molecule has 0 amide bonds. The molecule has 8 nitrogen and oxygen atoms in total. The van der Waals surface area contributed by atoms with Crippen molar-refractivity contribution in [3.63, 3.8) is 0 Å². The van der Waals surface area contributed by atoms with Crippen LogP contribution in [0.1, 0.15) is 155 Å². The molecule has 0 fully saturated rings. The fourth-order valence-electron chi connectivity index (χ4n) is 4.96. The van der Waals surface area contributed by atoms with Crippen LogP contribution in [0.3, 0.4) is 0 Å². The van der Waals surface area contributed by atoms with E-state index >= 15 is 0 Å².